The van der Waals surface area contributed by atoms with Crippen molar-refractivity contribution in [2.24, 2.45) is 5.73 Å². The van der Waals surface area contributed by atoms with Crippen LogP contribution < -0.4 is 10.5 Å². The summed E-state index contributed by atoms with van der Waals surface area (Å²) in [5, 5.41) is 0. The van der Waals surface area contributed by atoms with Gasteiger partial charge in [-0.1, -0.05) is 0 Å². The lowest BCUT2D eigenvalue weighted by atomic mass is 10.1. The predicted molar refractivity (Wildman–Crippen MR) is 48.4 cm³/mol. The van der Waals surface area contributed by atoms with Crippen LogP contribution >= 0.6 is 0 Å². The standard InChI is InChI=1S/C9H12F2N2O/c1-5-7(9(10)11)13-4-6(3-12)8(5)14-2/h4,9H,3,12H2,1-2H3. The number of hydrogen-bond donors (Lipinski definition) is 1. The lowest BCUT2D eigenvalue weighted by Gasteiger charge is -2.12. The summed E-state index contributed by atoms with van der Waals surface area (Å²) in [5.41, 5.74) is 6.15. The van der Waals surface area contributed by atoms with Crippen LogP contribution in [0.3, 0.4) is 0 Å². The number of halogens is 2. The number of aromatic nitrogens is 1. The summed E-state index contributed by atoms with van der Waals surface area (Å²) >= 11 is 0. The Labute approximate surface area is 80.9 Å². The highest BCUT2D eigenvalue weighted by molar-refractivity contribution is 5.42. The maximum Gasteiger partial charge on any atom is 0.280 e. The van der Waals surface area contributed by atoms with Gasteiger partial charge < -0.3 is 10.5 Å². The molecule has 0 fully saturated rings. The van der Waals surface area contributed by atoms with Gasteiger partial charge in [0.15, 0.2) is 0 Å². The molecule has 0 aliphatic carbocycles. The smallest absolute Gasteiger partial charge is 0.280 e. The second kappa shape index (κ2) is 4.32. The molecule has 0 aliphatic rings. The van der Waals surface area contributed by atoms with Crippen molar-refractivity contribution in [2.75, 3.05) is 7.11 Å². The lowest BCUT2D eigenvalue weighted by Crippen LogP contribution is -2.05. The summed E-state index contributed by atoms with van der Waals surface area (Å²) in [6.45, 7) is 1.77. The summed E-state index contributed by atoms with van der Waals surface area (Å²) < 4.78 is 29.9. The van der Waals surface area contributed by atoms with E-state index in [2.05, 4.69) is 4.98 Å². The minimum atomic E-state index is -2.59. The monoisotopic (exact) mass is 202 g/mol. The van der Waals surface area contributed by atoms with Crippen LogP contribution in [0, 0.1) is 6.92 Å². The van der Waals surface area contributed by atoms with Crippen LogP contribution in [-0.2, 0) is 6.54 Å². The van der Waals surface area contributed by atoms with E-state index in [9.17, 15) is 8.78 Å². The second-order valence-electron chi connectivity index (χ2n) is 2.83. The third-order valence-corrected chi connectivity index (χ3v) is 2.01. The molecule has 5 heteroatoms. The number of hydrogen-bond acceptors (Lipinski definition) is 3. The fraction of sp³-hybridized carbons (Fsp3) is 0.444. The number of nitrogens with two attached hydrogens (primary N) is 1. The molecule has 0 radical (unpaired) electrons. The minimum absolute atomic E-state index is 0.223. The first-order valence-electron chi connectivity index (χ1n) is 4.12. The number of nitrogens with zero attached hydrogens (tertiary/aromatic N) is 1. The summed E-state index contributed by atoms with van der Waals surface area (Å²) in [7, 11) is 1.43. The SMILES string of the molecule is COc1c(CN)cnc(C(F)F)c1C. The van der Waals surface area contributed by atoms with Crippen LogP contribution in [0.5, 0.6) is 5.75 Å². The van der Waals surface area contributed by atoms with Crippen molar-refractivity contribution in [3.05, 3.63) is 23.0 Å². The van der Waals surface area contributed by atoms with Crippen LogP contribution in [0.4, 0.5) is 8.78 Å². The summed E-state index contributed by atoms with van der Waals surface area (Å²) in [4.78, 5) is 3.65. The molecule has 0 bridgehead atoms. The Morgan fingerprint density at radius 2 is 2.21 bits per heavy atom. The number of ether oxygens (including phenoxy) is 1. The Morgan fingerprint density at radius 1 is 1.57 bits per heavy atom. The molecule has 0 aromatic carbocycles. The molecular weight excluding hydrogens is 190 g/mol. The molecule has 14 heavy (non-hydrogen) atoms. The van der Waals surface area contributed by atoms with Crippen molar-refractivity contribution < 1.29 is 13.5 Å². The molecule has 0 saturated heterocycles. The van der Waals surface area contributed by atoms with Gasteiger partial charge in [-0.3, -0.25) is 4.98 Å². The van der Waals surface area contributed by atoms with Gasteiger partial charge in [-0.05, 0) is 6.92 Å². The molecule has 0 aliphatic heterocycles. The zero-order valence-electron chi connectivity index (χ0n) is 8.05. The van der Waals surface area contributed by atoms with Gasteiger partial charge in [0, 0.05) is 23.9 Å². The van der Waals surface area contributed by atoms with Gasteiger partial charge in [-0.25, -0.2) is 8.78 Å². The van der Waals surface area contributed by atoms with Crippen LogP contribution in [0.2, 0.25) is 0 Å². The van der Waals surface area contributed by atoms with Crippen molar-refractivity contribution in [3.63, 3.8) is 0 Å². The zero-order chi connectivity index (χ0) is 10.7. The highest BCUT2D eigenvalue weighted by Crippen LogP contribution is 2.29. The normalized spacial score (nSPS) is 10.7. The highest BCUT2D eigenvalue weighted by Gasteiger charge is 2.17. The third kappa shape index (κ3) is 1.82. The van der Waals surface area contributed by atoms with E-state index in [1.165, 1.54) is 13.3 Å². The molecule has 2 N–H and O–H groups in total. The van der Waals surface area contributed by atoms with Crippen LogP contribution in [0.15, 0.2) is 6.20 Å². The number of rotatable bonds is 3. The molecule has 1 aromatic heterocycles. The maximum atomic E-state index is 12.4. The fourth-order valence-electron chi connectivity index (χ4n) is 1.31. The van der Waals surface area contributed by atoms with E-state index < -0.39 is 6.43 Å². The van der Waals surface area contributed by atoms with Crippen molar-refractivity contribution >= 4 is 0 Å². The summed E-state index contributed by atoms with van der Waals surface area (Å²) in [5.74, 6) is 0.401. The quantitative estimate of drug-likeness (QED) is 0.812. The molecule has 3 nitrogen and oxygen atoms in total. The maximum absolute atomic E-state index is 12.4. The van der Waals surface area contributed by atoms with Crippen LogP contribution in [0.25, 0.3) is 0 Å². The Morgan fingerprint density at radius 3 is 2.64 bits per heavy atom. The van der Waals surface area contributed by atoms with E-state index in [0.29, 0.717) is 16.9 Å². The second-order valence-corrected chi connectivity index (χ2v) is 2.83. The molecule has 0 unspecified atom stereocenters. The zero-order valence-corrected chi connectivity index (χ0v) is 8.05. The fourth-order valence-corrected chi connectivity index (χ4v) is 1.31. The summed E-state index contributed by atoms with van der Waals surface area (Å²) in [6, 6.07) is 0. The average Bonchev–Trinajstić information content (AvgIpc) is 2.16. The Kier molecular flexibility index (Phi) is 3.35. The molecule has 1 rings (SSSR count). The minimum Gasteiger partial charge on any atom is -0.496 e. The van der Waals surface area contributed by atoms with E-state index in [1.54, 1.807) is 6.92 Å². The van der Waals surface area contributed by atoms with E-state index in [-0.39, 0.29) is 12.2 Å². The number of alkyl halides is 2. The molecule has 0 saturated carbocycles. The number of pyridine rings is 1. The lowest BCUT2D eigenvalue weighted by molar-refractivity contribution is 0.144. The molecule has 1 heterocycles. The first-order chi connectivity index (χ1) is 6.61. The molecule has 0 atom stereocenters. The Hall–Kier alpha value is -1.23. The van der Waals surface area contributed by atoms with E-state index in [0.717, 1.165) is 0 Å². The van der Waals surface area contributed by atoms with Gasteiger partial charge in [-0.15, -0.1) is 0 Å². The van der Waals surface area contributed by atoms with Gasteiger partial charge in [-0.2, -0.15) is 0 Å². The van der Waals surface area contributed by atoms with Crippen LogP contribution in [-0.4, -0.2) is 12.1 Å². The van der Waals surface area contributed by atoms with Crippen molar-refractivity contribution in [3.8, 4) is 5.75 Å². The third-order valence-electron chi connectivity index (χ3n) is 2.01. The molecule has 0 amide bonds. The number of methoxy groups -OCH3 is 1. The van der Waals surface area contributed by atoms with Gasteiger partial charge >= 0.3 is 0 Å². The predicted octanol–water partition coefficient (Wildman–Crippen LogP) is 1.79. The van der Waals surface area contributed by atoms with Gasteiger partial charge in [0.05, 0.1) is 7.11 Å². The van der Waals surface area contributed by atoms with E-state index in [4.69, 9.17) is 10.5 Å². The van der Waals surface area contributed by atoms with Crippen LogP contribution in [0.1, 0.15) is 23.2 Å². The largest absolute Gasteiger partial charge is 0.496 e. The highest BCUT2D eigenvalue weighted by atomic mass is 19.3. The first-order valence-corrected chi connectivity index (χ1v) is 4.12. The molecule has 0 spiro atoms. The van der Waals surface area contributed by atoms with Gasteiger partial charge in [0.25, 0.3) is 6.43 Å². The van der Waals surface area contributed by atoms with E-state index in [1.807, 2.05) is 0 Å². The van der Waals surface area contributed by atoms with Crippen molar-refractivity contribution in [1.82, 2.24) is 4.98 Å². The molecular formula is C9H12F2N2O. The Balaban J connectivity index is 3.27. The topological polar surface area (TPSA) is 48.1 Å². The van der Waals surface area contributed by atoms with Crippen molar-refractivity contribution in [1.29, 1.82) is 0 Å². The first kappa shape index (κ1) is 10.8. The Bertz CT molecular complexity index is 329. The van der Waals surface area contributed by atoms with E-state index >= 15 is 0 Å². The average molecular weight is 202 g/mol. The molecule has 78 valence electrons. The summed E-state index contributed by atoms with van der Waals surface area (Å²) in [6.07, 6.45) is -1.26. The van der Waals surface area contributed by atoms with Gasteiger partial charge in [0.2, 0.25) is 0 Å². The van der Waals surface area contributed by atoms with Crippen molar-refractivity contribution in [2.45, 2.75) is 19.9 Å². The molecule has 1 aromatic rings. The van der Waals surface area contributed by atoms with Gasteiger partial charge in [0.1, 0.15) is 11.4 Å².